The smallest absolute Gasteiger partial charge is 0.226 e. The number of ether oxygens (including phenoxy) is 1. The molecule has 2 aromatic rings. The summed E-state index contributed by atoms with van der Waals surface area (Å²) in [5, 5.41) is 13.4. The van der Waals surface area contributed by atoms with E-state index in [0.717, 1.165) is 11.4 Å². The van der Waals surface area contributed by atoms with Crippen molar-refractivity contribution in [1.29, 1.82) is 0 Å². The number of aliphatic hydroxyl groups excluding tert-OH is 1. The summed E-state index contributed by atoms with van der Waals surface area (Å²) < 4.78 is 7.42. The number of para-hydroxylation sites is 1. The average Bonchev–Trinajstić information content (AvgIpc) is 2.98. The summed E-state index contributed by atoms with van der Waals surface area (Å²) >= 11 is 0. The maximum atomic E-state index is 12.2. The SMILES string of the molecule is O=C(CCOc1ccccc1)N1CCn2nc(CO)cc2C1. The lowest BCUT2D eigenvalue weighted by Crippen LogP contribution is -2.38. The quantitative estimate of drug-likeness (QED) is 0.900. The van der Waals surface area contributed by atoms with Crippen LogP contribution in [0.2, 0.25) is 0 Å². The minimum absolute atomic E-state index is 0.0706. The number of amides is 1. The Morgan fingerprint density at radius 3 is 2.86 bits per heavy atom. The Bertz CT molecular complexity index is 639. The lowest BCUT2D eigenvalue weighted by Gasteiger charge is -2.27. The summed E-state index contributed by atoms with van der Waals surface area (Å²) in [5.74, 6) is 0.855. The first kappa shape index (κ1) is 14.6. The number of carbonyl (C=O) groups excluding carboxylic acids is 1. The standard InChI is InChI=1S/C16H19N3O3/c20-12-13-10-14-11-18(7-8-19(14)17-13)16(21)6-9-22-15-4-2-1-3-5-15/h1-5,10,20H,6-9,11-12H2. The minimum Gasteiger partial charge on any atom is -0.493 e. The molecule has 1 aromatic carbocycles. The van der Waals surface area contributed by atoms with Crippen molar-refractivity contribution in [1.82, 2.24) is 14.7 Å². The van der Waals surface area contributed by atoms with Gasteiger partial charge in [-0.3, -0.25) is 9.48 Å². The van der Waals surface area contributed by atoms with Gasteiger partial charge in [0.25, 0.3) is 0 Å². The fourth-order valence-electron chi connectivity index (χ4n) is 2.55. The Balaban J connectivity index is 1.51. The highest BCUT2D eigenvalue weighted by Crippen LogP contribution is 2.15. The molecule has 3 rings (SSSR count). The van der Waals surface area contributed by atoms with Crippen LogP contribution in [-0.2, 0) is 24.5 Å². The third kappa shape index (κ3) is 3.28. The van der Waals surface area contributed by atoms with Gasteiger partial charge in [-0.2, -0.15) is 5.10 Å². The van der Waals surface area contributed by atoms with Gasteiger partial charge in [0.05, 0.1) is 44.1 Å². The average molecular weight is 301 g/mol. The number of hydrogen-bond donors (Lipinski definition) is 1. The Hall–Kier alpha value is -2.34. The van der Waals surface area contributed by atoms with Crippen molar-refractivity contribution < 1.29 is 14.6 Å². The van der Waals surface area contributed by atoms with Crippen molar-refractivity contribution in [3.8, 4) is 5.75 Å². The first-order chi connectivity index (χ1) is 10.8. The van der Waals surface area contributed by atoms with Crippen molar-refractivity contribution in [3.05, 3.63) is 47.8 Å². The van der Waals surface area contributed by atoms with Crippen LogP contribution >= 0.6 is 0 Å². The molecule has 0 radical (unpaired) electrons. The molecule has 0 saturated carbocycles. The van der Waals surface area contributed by atoms with Gasteiger partial charge < -0.3 is 14.7 Å². The number of nitrogens with zero attached hydrogens (tertiary/aromatic N) is 3. The van der Waals surface area contributed by atoms with Gasteiger partial charge in [-0.05, 0) is 18.2 Å². The highest BCUT2D eigenvalue weighted by Gasteiger charge is 2.21. The Labute approximate surface area is 128 Å². The largest absolute Gasteiger partial charge is 0.493 e. The van der Waals surface area contributed by atoms with Crippen LogP contribution in [0.15, 0.2) is 36.4 Å². The highest BCUT2D eigenvalue weighted by atomic mass is 16.5. The zero-order valence-corrected chi connectivity index (χ0v) is 12.3. The molecule has 0 bridgehead atoms. The van der Waals surface area contributed by atoms with E-state index < -0.39 is 0 Å². The molecule has 1 amide bonds. The Morgan fingerprint density at radius 1 is 1.27 bits per heavy atom. The van der Waals surface area contributed by atoms with Crippen LogP contribution in [0.25, 0.3) is 0 Å². The van der Waals surface area contributed by atoms with Crippen molar-refractivity contribution in [2.45, 2.75) is 26.1 Å². The topological polar surface area (TPSA) is 67.6 Å². The molecule has 1 aliphatic rings. The number of fused-ring (bicyclic) bond motifs is 1. The monoisotopic (exact) mass is 301 g/mol. The number of rotatable bonds is 5. The lowest BCUT2D eigenvalue weighted by molar-refractivity contribution is -0.133. The van der Waals surface area contributed by atoms with E-state index in [0.29, 0.717) is 38.4 Å². The van der Waals surface area contributed by atoms with Gasteiger partial charge in [-0.1, -0.05) is 18.2 Å². The second-order valence-electron chi connectivity index (χ2n) is 5.24. The van der Waals surface area contributed by atoms with E-state index in [2.05, 4.69) is 5.10 Å². The van der Waals surface area contributed by atoms with Crippen molar-refractivity contribution in [3.63, 3.8) is 0 Å². The number of benzene rings is 1. The number of aliphatic hydroxyl groups is 1. The van der Waals surface area contributed by atoms with Crippen LogP contribution < -0.4 is 4.74 Å². The maximum absolute atomic E-state index is 12.2. The molecular weight excluding hydrogens is 282 g/mol. The van der Waals surface area contributed by atoms with E-state index in [1.54, 1.807) is 0 Å². The molecule has 0 aliphatic carbocycles. The number of hydrogen-bond acceptors (Lipinski definition) is 4. The molecule has 1 N–H and O–H groups in total. The molecule has 22 heavy (non-hydrogen) atoms. The molecule has 0 saturated heterocycles. The van der Waals surface area contributed by atoms with Crippen molar-refractivity contribution in [2.75, 3.05) is 13.2 Å². The molecule has 1 aromatic heterocycles. The van der Waals surface area contributed by atoms with Gasteiger partial charge in [0.2, 0.25) is 5.91 Å². The third-order valence-electron chi connectivity index (χ3n) is 3.69. The number of carbonyl (C=O) groups is 1. The minimum atomic E-state index is -0.0706. The summed E-state index contributed by atoms with van der Waals surface area (Å²) in [7, 11) is 0. The third-order valence-corrected chi connectivity index (χ3v) is 3.69. The van der Waals surface area contributed by atoms with Crippen LogP contribution in [-0.4, -0.2) is 38.8 Å². The summed E-state index contributed by atoms with van der Waals surface area (Å²) in [6.45, 7) is 2.15. The summed E-state index contributed by atoms with van der Waals surface area (Å²) in [5.41, 5.74) is 1.62. The fraction of sp³-hybridized carbons (Fsp3) is 0.375. The van der Waals surface area contributed by atoms with E-state index in [1.807, 2.05) is 46.0 Å². The van der Waals surface area contributed by atoms with Gasteiger partial charge >= 0.3 is 0 Å². The van der Waals surface area contributed by atoms with Crippen molar-refractivity contribution in [2.24, 2.45) is 0 Å². The lowest BCUT2D eigenvalue weighted by atomic mass is 10.2. The molecular formula is C16H19N3O3. The van der Waals surface area contributed by atoms with Gasteiger partial charge in [0.15, 0.2) is 0 Å². The molecule has 0 atom stereocenters. The predicted octanol–water partition coefficient (Wildman–Crippen LogP) is 1.19. The van der Waals surface area contributed by atoms with Crippen LogP contribution in [0.1, 0.15) is 17.8 Å². The first-order valence-electron chi connectivity index (χ1n) is 7.38. The van der Waals surface area contributed by atoms with Crippen LogP contribution in [0.4, 0.5) is 0 Å². The van der Waals surface area contributed by atoms with Crippen LogP contribution in [0, 0.1) is 0 Å². The summed E-state index contributed by atoms with van der Waals surface area (Å²) in [6.07, 6.45) is 0.357. The van der Waals surface area contributed by atoms with Crippen LogP contribution in [0.5, 0.6) is 5.75 Å². The van der Waals surface area contributed by atoms with E-state index >= 15 is 0 Å². The zero-order chi connectivity index (χ0) is 15.4. The van der Waals surface area contributed by atoms with Gasteiger partial charge in [-0.25, -0.2) is 0 Å². The zero-order valence-electron chi connectivity index (χ0n) is 12.3. The van der Waals surface area contributed by atoms with Gasteiger partial charge in [-0.15, -0.1) is 0 Å². The second-order valence-corrected chi connectivity index (χ2v) is 5.24. The Morgan fingerprint density at radius 2 is 2.09 bits per heavy atom. The molecule has 1 aliphatic heterocycles. The highest BCUT2D eigenvalue weighted by molar-refractivity contribution is 5.76. The number of aromatic nitrogens is 2. The maximum Gasteiger partial charge on any atom is 0.226 e. The summed E-state index contributed by atoms with van der Waals surface area (Å²) in [4.78, 5) is 14.1. The van der Waals surface area contributed by atoms with E-state index in [1.165, 1.54) is 0 Å². The van der Waals surface area contributed by atoms with E-state index in [-0.39, 0.29) is 12.5 Å². The van der Waals surface area contributed by atoms with Gasteiger partial charge in [0, 0.05) is 6.54 Å². The normalized spacial score (nSPS) is 13.8. The molecule has 6 nitrogen and oxygen atoms in total. The predicted molar refractivity (Wildman–Crippen MR) is 80.1 cm³/mol. The van der Waals surface area contributed by atoms with E-state index in [4.69, 9.17) is 9.84 Å². The Kier molecular flexibility index (Phi) is 4.39. The molecule has 116 valence electrons. The molecule has 6 heteroatoms. The van der Waals surface area contributed by atoms with Crippen LogP contribution in [0.3, 0.4) is 0 Å². The van der Waals surface area contributed by atoms with Crippen molar-refractivity contribution >= 4 is 5.91 Å². The fourth-order valence-corrected chi connectivity index (χ4v) is 2.55. The molecule has 0 fully saturated rings. The second kappa shape index (κ2) is 6.62. The van der Waals surface area contributed by atoms with E-state index in [9.17, 15) is 4.79 Å². The summed E-state index contributed by atoms with van der Waals surface area (Å²) in [6, 6.07) is 11.3. The van der Waals surface area contributed by atoms with Gasteiger partial charge in [0.1, 0.15) is 5.75 Å². The first-order valence-corrected chi connectivity index (χ1v) is 7.38. The molecule has 0 unspecified atom stereocenters. The molecule has 0 spiro atoms. The molecule has 2 heterocycles.